The summed E-state index contributed by atoms with van der Waals surface area (Å²) in [4.78, 5) is 36.4. The lowest BCUT2D eigenvalue weighted by atomic mass is 10.2. The van der Waals surface area contributed by atoms with Crippen LogP contribution in [0.2, 0.25) is 0 Å². The summed E-state index contributed by atoms with van der Waals surface area (Å²) in [6.45, 7) is 4.56. The molecule has 0 spiro atoms. The van der Waals surface area contributed by atoms with Crippen LogP contribution in [-0.4, -0.2) is 47.0 Å². The number of nitrogens with zero attached hydrogens (tertiary/aromatic N) is 1. The van der Waals surface area contributed by atoms with Crippen LogP contribution in [0.15, 0.2) is 30.3 Å². The summed E-state index contributed by atoms with van der Waals surface area (Å²) in [5.41, 5.74) is 0.249. The van der Waals surface area contributed by atoms with Gasteiger partial charge < -0.3 is 14.7 Å². The van der Waals surface area contributed by atoms with Gasteiger partial charge in [-0.3, -0.25) is 4.79 Å². The van der Waals surface area contributed by atoms with Crippen LogP contribution in [-0.2, 0) is 14.3 Å². The summed E-state index contributed by atoms with van der Waals surface area (Å²) in [5.74, 6) is -2.44. The number of carbonyl (C=O) groups is 3. The van der Waals surface area contributed by atoms with Crippen LogP contribution >= 0.6 is 0 Å². The molecule has 1 amide bonds. The summed E-state index contributed by atoms with van der Waals surface area (Å²) in [6, 6.07) is 8.07. The Morgan fingerprint density at radius 1 is 1.14 bits per heavy atom. The minimum absolute atomic E-state index is 0.249. The second kappa shape index (κ2) is 8.04. The molecular weight excluding hydrogens is 274 g/mol. The molecule has 1 rings (SSSR count). The summed E-state index contributed by atoms with van der Waals surface area (Å²) < 4.78 is 4.92. The first-order chi connectivity index (χ1) is 9.99. The third kappa shape index (κ3) is 4.91. The van der Waals surface area contributed by atoms with Crippen molar-refractivity contribution in [3.8, 4) is 0 Å². The fourth-order valence-electron chi connectivity index (χ4n) is 1.81. The maximum absolute atomic E-state index is 11.9. The molecule has 21 heavy (non-hydrogen) atoms. The van der Waals surface area contributed by atoms with Crippen molar-refractivity contribution >= 4 is 17.8 Å². The number of carboxylic acids is 1. The Morgan fingerprint density at radius 3 is 2.19 bits per heavy atom. The Labute approximate surface area is 123 Å². The van der Waals surface area contributed by atoms with Crippen LogP contribution < -0.4 is 0 Å². The summed E-state index contributed by atoms with van der Waals surface area (Å²) >= 11 is 0. The van der Waals surface area contributed by atoms with Gasteiger partial charge >= 0.3 is 11.9 Å². The third-order valence-electron chi connectivity index (χ3n) is 3.01. The zero-order valence-corrected chi connectivity index (χ0v) is 12.1. The van der Waals surface area contributed by atoms with Crippen LogP contribution in [0.1, 0.15) is 30.6 Å². The van der Waals surface area contributed by atoms with Gasteiger partial charge in [0.1, 0.15) is 0 Å². The highest BCUT2D eigenvalue weighted by atomic mass is 16.6. The highest BCUT2D eigenvalue weighted by molar-refractivity contribution is 5.92. The number of esters is 1. The van der Waals surface area contributed by atoms with Gasteiger partial charge in [-0.2, -0.15) is 0 Å². The van der Waals surface area contributed by atoms with E-state index in [4.69, 9.17) is 9.84 Å². The standard InChI is InChI=1S/C15H19NO5/c1-3-16(4-2)13(17)10-12(14(18)19)21-15(20)11-8-6-5-7-9-11/h5-9,12H,3-4,10H2,1-2H3,(H,18,19). The average molecular weight is 293 g/mol. The van der Waals surface area contributed by atoms with Crippen molar-refractivity contribution in [3.63, 3.8) is 0 Å². The molecule has 0 saturated heterocycles. The number of hydrogen-bond donors (Lipinski definition) is 1. The van der Waals surface area contributed by atoms with Gasteiger partial charge in [0.2, 0.25) is 12.0 Å². The molecule has 0 fully saturated rings. The van der Waals surface area contributed by atoms with Crippen LogP contribution in [0.25, 0.3) is 0 Å². The van der Waals surface area contributed by atoms with Gasteiger partial charge in [0, 0.05) is 13.1 Å². The second-order valence-corrected chi connectivity index (χ2v) is 4.37. The molecule has 6 nitrogen and oxygen atoms in total. The average Bonchev–Trinajstić information content (AvgIpc) is 2.48. The summed E-state index contributed by atoms with van der Waals surface area (Å²) in [6.07, 6.45) is -1.85. The molecule has 1 aromatic carbocycles. The van der Waals surface area contributed by atoms with Gasteiger partial charge in [-0.1, -0.05) is 18.2 Å². The van der Waals surface area contributed by atoms with Crippen molar-refractivity contribution in [1.29, 1.82) is 0 Å². The molecule has 0 aliphatic rings. The topological polar surface area (TPSA) is 83.9 Å². The fraction of sp³-hybridized carbons (Fsp3) is 0.400. The predicted molar refractivity (Wildman–Crippen MR) is 75.8 cm³/mol. The minimum atomic E-state index is -1.48. The molecule has 0 heterocycles. The smallest absolute Gasteiger partial charge is 0.345 e. The minimum Gasteiger partial charge on any atom is -0.478 e. The molecule has 0 saturated carbocycles. The number of aliphatic carboxylic acids is 1. The Hall–Kier alpha value is -2.37. The first-order valence-corrected chi connectivity index (χ1v) is 6.76. The Balaban J connectivity index is 2.73. The van der Waals surface area contributed by atoms with Crippen molar-refractivity contribution in [3.05, 3.63) is 35.9 Å². The Morgan fingerprint density at radius 2 is 1.71 bits per heavy atom. The van der Waals surface area contributed by atoms with E-state index in [2.05, 4.69) is 0 Å². The van der Waals surface area contributed by atoms with E-state index in [1.165, 1.54) is 17.0 Å². The summed E-state index contributed by atoms with van der Waals surface area (Å²) in [7, 11) is 0. The van der Waals surface area contributed by atoms with E-state index < -0.39 is 18.0 Å². The van der Waals surface area contributed by atoms with E-state index in [9.17, 15) is 14.4 Å². The number of rotatable bonds is 7. The van der Waals surface area contributed by atoms with Gasteiger partial charge in [0.15, 0.2) is 0 Å². The SMILES string of the molecule is CCN(CC)C(=O)CC(OC(=O)c1ccccc1)C(=O)O. The highest BCUT2D eigenvalue weighted by Crippen LogP contribution is 2.09. The van der Waals surface area contributed by atoms with E-state index in [1.807, 2.05) is 0 Å². The van der Waals surface area contributed by atoms with Crippen molar-refractivity contribution in [2.45, 2.75) is 26.4 Å². The number of carboxylic acid groups (broad SMARTS) is 1. The van der Waals surface area contributed by atoms with E-state index in [0.29, 0.717) is 13.1 Å². The molecule has 6 heteroatoms. The predicted octanol–water partition coefficient (Wildman–Crippen LogP) is 1.56. The zero-order chi connectivity index (χ0) is 15.8. The Bertz CT molecular complexity index is 496. The molecular formula is C15H19NO5. The lowest BCUT2D eigenvalue weighted by Gasteiger charge is -2.21. The van der Waals surface area contributed by atoms with Gasteiger partial charge in [-0.05, 0) is 26.0 Å². The van der Waals surface area contributed by atoms with Crippen molar-refractivity contribution < 1.29 is 24.2 Å². The molecule has 0 radical (unpaired) electrons. The highest BCUT2D eigenvalue weighted by Gasteiger charge is 2.27. The quantitative estimate of drug-likeness (QED) is 0.771. The van der Waals surface area contributed by atoms with Crippen LogP contribution in [0.3, 0.4) is 0 Å². The maximum atomic E-state index is 11.9. The van der Waals surface area contributed by atoms with Gasteiger partial charge in [-0.25, -0.2) is 9.59 Å². The second-order valence-electron chi connectivity index (χ2n) is 4.37. The first kappa shape index (κ1) is 16.7. The number of ether oxygens (including phenoxy) is 1. The number of carbonyl (C=O) groups excluding carboxylic acids is 2. The van der Waals surface area contributed by atoms with Crippen LogP contribution in [0.4, 0.5) is 0 Å². The lowest BCUT2D eigenvalue weighted by Crippen LogP contribution is -2.37. The number of hydrogen-bond acceptors (Lipinski definition) is 4. The molecule has 1 N–H and O–H groups in total. The maximum Gasteiger partial charge on any atom is 0.345 e. The molecule has 1 unspecified atom stereocenters. The normalized spacial score (nSPS) is 11.5. The lowest BCUT2D eigenvalue weighted by molar-refractivity contribution is -0.151. The van der Waals surface area contributed by atoms with Crippen LogP contribution in [0, 0.1) is 0 Å². The van der Waals surface area contributed by atoms with E-state index in [-0.39, 0.29) is 17.9 Å². The molecule has 0 aliphatic heterocycles. The number of benzene rings is 1. The number of amides is 1. The van der Waals surface area contributed by atoms with Gasteiger partial charge in [0.25, 0.3) is 0 Å². The monoisotopic (exact) mass is 293 g/mol. The molecule has 0 bridgehead atoms. The fourth-order valence-corrected chi connectivity index (χ4v) is 1.81. The summed E-state index contributed by atoms with van der Waals surface area (Å²) in [5, 5.41) is 9.10. The third-order valence-corrected chi connectivity index (χ3v) is 3.01. The molecule has 1 aromatic rings. The van der Waals surface area contributed by atoms with Crippen molar-refractivity contribution in [2.24, 2.45) is 0 Å². The Kier molecular flexibility index (Phi) is 6.39. The zero-order valence-electron chi connectivity index (χ0n) is 12.1. The van der Waals surface area contributed by atoms with Gasteiger partial charge in [-0.15, -0.1) is 0 Å². The van der Waals surface area contributed by atoms with Gasteiger partial charge in [0.05, 0.1) is 12.0 Å². The van der Waals surface area contributed by atoms with E-state index >= 15 is 0 Å². The van der Waals surface area contributed by atoms with Crippen molar-refractivity contribution in [1.82, 2.24) is 4.90 Å². The first-order valence-electron chi connectivity index (χ1n) is 6.76. The van der Waals surface area contributed by atoms with E-state index in [0.717, 1.165) is 0 Å². The molecule has 0 aromatic heterocycles. The van der Waals surface area contributed by atoms with Crippen molar-refractivity contribution in [2.75, 3.05) is 13.1 Å². The van der Waals surface area contributed by atoms with Crippen LogP contribution in [0.5, 0.6) is 0 Å². The molecule has 0 aliphatic carbocycles. The molecule has 1 atom stereocenters. The van der Waals surface area contributed by atoms with E-state index in [1.54, 1.807) is 32.0 Å². The molecule has 114 valence electrons. The largest absolute Gasteiger partial charge is 0.478 e.